The minimum absolute atomic E-state index is 0.329. The number of rotatable bonds is 2. The van der Waals surface area contributed by atoms with Crippen molar-refractivity contribution in [1.29, 1.82) is 0 Å². The molecule has 0 aliphatic rings. The predicted octanol–water partition coefficient (Wildman–Crippen LogP) is 6.34. The van der Waals surface area contributed by atoms with Gasteiger partial charge in [0.25, 0.3) is 0 Å². The van der Waals surface area contributed by atoms with Crippen LogP contribution in [0.15, 0.2) is 24.3 Å². The molecule has 0 saturated carbocycles. The molecule has 1 heterocycles. The Morgan fingerprint density at radius 1 is 1.06 bits per heavy atom. The summed E-state index contributed by atoms with van der Waals surface area (Å²) in [5, 5.41) is 0.332. The molecule has 1 aromatic carbocycles. The minimum atomic E-state index is -0.329. The van der Waals surface area contributed by atoms with Gasteiger partial charge < -0.3 is 0 Å². The van der Waals surface area contributed by atoms with Crippen molar-refractivity contribution in [3.63, 3.8) is 0 Å². The third kappa shape index (κ3) is 2.91. The highest BCUT2D eigenvalue weighted by Crippen LogP contribution is 2.41. The first-order valence-corrected chi connectivity index (χ1v) is 7.22. The molecule has 2 aromatic rings. The maximum atomic E-state index is 6.43. The highest BCUT2D eigenvalue weighted by atomic mass is 35.5. The van der Waals surface area contributed by atoms with E-state index in [1.807, 2.05) is 25.1 Å². The van der Waals surface area contributed by atoms with Gasteiger partial charge in [-0.1, -0.05) is 40.9 Å². The zero-order chi connectivity index (χ0) is 12.6. The molecule has 2 rings (SSSR count). The lowest BCUT2D eigenvalue weighted by Crippen LogP contribution is -1.95. The van der Waals surface area contributed by atoms with Gasteiger partial charge in [0.05, 0.1) is 14.0 Å². The smallest absolute Gasteiger partial charge is 0.0994 e. The van der Waals surface area contributed by atoms with E-state index in [1.54, 1.807) is 6.07 Å². The highest BCUT2D eigenvalue weighted by molar-refractivity contribution is 7.20. The van der Waals surface area contributed by atoms with Gasteiger partial charge in [-0.2, -0.15) is 0 Å². The SMILES string of the molecule is Cc1ccc(Cl)cc1C(Cl)c1cc(Cl)sc1Cl. The second-order valence-corrected chi connectivity index (χ2v) is 6.80. The molecule has 0 bridgehead atoms. The zero-order valence-electron chi connectivity index (χ0n) is 8.81. The lowest BCUT2D eigenvalue weighted by molar-refractivity contribution is 1.12. The summed E-state index contributed by atoms with van der Waals surface area (Å²) in [5.74, 6) is 0. The van der Waals surface area contributed by atoms with E-state index < -0.39 is 0 Å². The second-order valence-electron chi connectivity index (χ2n) is 3.64. The van der Waals surface area contributed by atoms with Crippen molar-refractivity contribution >= 4 is 57.7 Å². The quantitative estimate of drug-likeness (QED) is 0.565. The Balaban J connectivity index is 2.46. The molecule has 0 aliphatic carbocycles. The van der Waals surface area contributed by atoms with Crippen LogP contribution in [0.2, 0.25) is 13.7 Å². The predicted molar refractivity (Wildman–Crippen MR) is 78.2 cm³/mol. The number of benzene rings is 1. The van der Waals surface area contributed by atoms with E-state index in [1.165, 1.54) is 11.3 Å². The molecule has 17 heavy (non-hydrogen) atoms. The molecule has 0 N–H and O–H groups in total. The van der Waals surface area contributed by atoms with Crippen LogP contribution >= 0.6 is 57.7 Å². The number of aryl methyl sites for hydroxylation is 1. The van der Waals surface area contributed by atoms with Gasteiger partial charge in [-0.05, 0) is 36.2 Å². The van der Waals surface area contributed by atoms with E-state index in [0.29, 0.717) is 13.7 Å². The zero-order valence-corrected chi connectivity index (χ0v) is 12.6. The second kappa shape index (κ2) is 5.38. The molecule has 1 unspecified atom stereocenters. The normalized spacial score (nSPS) is 12.8. The number of thiophene rings is 1. The average molecular weight is 326 g/mol. The Morgan fingerprint density at radius 3 is 2.35 bits per heavy atom. The van der Waals surface area contributed by atoms with Crippen LogP contribution in [-0.4, -0.2) is 0 Å². The minimum Gasteiger partial charge on any atom is -0.112 e. The van der Waals surface area contributed by atoms with E-state index in [9.17, 15) is 0 Å². The van der Waals surface area contributed by atoms with Crippen molar-refractivity contribution in [2.24, 2.45) is 0 Å². The van der Waals surface area contributed by atoms with E-state index >= 15 is 0 Å². The van der Waals surface area contributed by atoms with Crippen LogP contribution in [0.3, 0.4) is 0 Å². The van der Waals surface area contributed by atoms with Crippen LogP contribution < -0.4 is 0 Å². The average Bonchev–Trinajstić information content (AvgIpc) is 2.60. The first-order valence-electron chi connectivity index (χ1n) is 4.84. The van der Waals surface area contributed by atoms with E-state index in [2.05, 4.69) is 0 Å². The summed E-state index contributed by atoms with van der Waals surface area (Å²) in [6.07, 6.45) is 0. The molecule has 0 fully saturated rings. The van der Waals surface area contributed by atoms with Gasteiger partial charge in [-0.25, -0.2) is 0 Å². The summed E-state index contributed by atoms with van der Waals surface area (Å²) in [5.41, 5.74) is 2.86. The van der Waals surface area contributed by atoms with Crippen LogP contribution in [0.1, 0.15) is 22.1 Å². The fraction of sp³-hybridized carbons (Fsp3) is 0.167. The topological polar surface area (TPSA) is 0 Å². The van der Waals surface area contributed by atoms with E-state index in [-0.39, 0.29) is 5.38 Å². The highest BCUT2D eigenvalue weighted by Gasteiger charge is 2.19. The van der Waals surface area contributed by atoms with Gasteiger partial charge in [0.1, 0.15) is 0 Å². The first kappa shape index (κ1) is 13.5. The summed E-state index contributed by atoms with van der Waals surface area (Å²) < 4.78 is 1.25. The standard InChI is InChI=1S/C12H8Cl4S/c1-6-2-3-7(13)4-8(6)11(15)9-5-10(14)17-12(9)16/h2-5,11H,1H3. The van der Waals surface area contributed by atoms with Crippen molar-refractivity contribution in [2.45, 2.75) is 12.3 Å². The lowest BCUT2D eigenvalue weighted by atomic mass is 10.0. The van der Waals surface area contributed by atoms with Crippen molar-refractivity contribution in [2.75, 3.05) is 0 Å². The van der Waals surface area contributed by atoms with Crippen molar-refractivity contribution < 1.29 is 0 Å². The fourth-order valence-electron chi connectivity index (χ4n) is 1.58. The molecular formula is C12H8Cl4S. The third-order valence-electron chi connectivity index (χ3n) is 2.47. The molecule has 1 aromatic heterocycles. The fourth-order valence-corrected chi connectivity index (χ4v) is 3.82. The summed E-state index contributed by atoms with van der Waals surface area (Å²) in [7, 11) is 0. The number of hydrogen-bond acceptors (Lipinski definition) is 1. The molecule has 5 heteroatoms. The molecule has 0 aliphatic heterocycles. The summed E-state index contributed by atoms with van der Waals surface area (Å²) >= 11 is 25.7. The van der Waals surface area contributed by atoms with E-state index in [4.69, 9.17) is 46.4 Å². The van der Waals surface area contributed by atoms with Crippen LogP contribution in [0.25, 0.3) is 0 Å². The molecule has 0 spiro atoms. The van der Waals surface area contributed by atoms with Crippen LogP contribution in [-0.2, 0) is 0 Å². The van der Waals surface area contributed by atoms with Crippen LogP contribution in [0, 0.1) is 6.92 Å². The maximum Gasteiger partial charge on any atom is 0.0994 e. The number of hydrogen-bond donors (Lipinski definition) is 0. The number of halogens is 4. The van der Waals surface area contributed by atoms with Gasteiger partial charge in [0, 0.05) is 10.6 Å². The summed E-state index contributed by atoms with van der Waals surface area (Å²) in [6.45, 7) is 1.99. The van der Waals surface area contributed by atoms with Crippen molar-refractivity contribution in [3.05, 3.63) is 54.7 Å². The molecule has 0 nitrogen and oxygen atoms in total. The lowest BCUT2D eigenvalue weighted by Gasteiger charge is -2.12. The van der Waals surface area contributed by atoms with E-state index in [0.717, 1.165) is 16.7 Å². The Labute approximate surface area is 124 Å². The molecule has 0 saturated heterocycles. The van der Waals surface area contributed by atoms with Gasteiger partial charge in [0.15, 0.2) is 0 Å². The molecular weight excluding hydrogens is 318 g/mol. The van der Waals surface area contributed by atoms with Gasteiger partial charge in [0.2, 0.25) is 0 Å². The van der Waals surface area contributed by atoms with Crippen molar-refractivity contribution in [3.8, 4) is 0 Å². The summed E-state index contributed by atoms with van der Waals surface area (Å²) in [6, 6.07) is 7.43. The van der Waals surface area contributed by atoms with Gasteiger partial charge in [-0.15, -0.1) is 22.9 Å². The Morgan fingerprint density at radius 2 is 1.76 bits per heavy atom. The van der Waals surface area contributed by atoms with Crippen LogP contribution in [0.5, 0.6) is 0 Å². The van der Waals surface area contributed by atoms with Crippen molar-refractivity contribution in [1.82, 2.24) is 0 Å². The molecule has 0 amide bonds. The largest absolute Gasteiger partial charge is 0.112 e. The maximum absolute atomic E-state index is 6.43. The molecule has 1 atom stereocenters. The Bertz CT molecular complexity index is 547. The Hall–Kier alpha value is 0.0800. The Kier molecular flexibility index (Phi) is 4.27. The third-order valence-corrected chi connectivity index (χ3v) is 4.69. The van der Waals surface area contributed by atoms with Gasteiger partial charge in [-0.3, -0.25) is 0 Å². The first-order chi connectivity index (χ1) is 7.99. The summed E-state index contributed by atoms with van der Waals surface area (Å²) in [4.78, 5) is 0. The molecule has 90 valence electrons. The van der Waals surface area contributed by atoms with Gasteiger partial charge >= 0.3 is 0 Å². The number of alkyl halides is 1. The monoisotopic (exact) mass is 324 g/mol. The van der Waals surface area contributed by atoms with Crippen LogP contribution in [0.4, 0.5) is 0 Å². The molecule has 0 radical (unpaired) electrons.